The highest BCUT2D eigenvalue weighted by atomic mass is 19.1. The Balaban J connectivity index is 2.25. The standard InChI is InChI=1S/C18H11FO3/c1-21-14-6-2-4-10-8-16-12(9-11(10)14)18(20)17-13(19)5-3-7-15(17)22-16/h2-9H,1H3. The van der Waals surface area contributed by atoms with Crippen LogP contribution in [0.3, 0.4) is 0 Å². The average Bonchev–Trinajstić information content (AvgIpc) is 2.53. The molecule has 1 heterocycles. The maximum atomic E-state index is 13.9. The van der Waals surface area contributed by atoms with Crippen LogP contribution in [0.5, 0.6) is 5.75 Å². The van der Waals surface area contributed by atoms with Crippen LogP contribution in [-0.2, 0) is 0 Å². The highest BCUT2D eigenvalue weighted by molar-refractivity contribution is 6.01. The van der Waals surface area contributed by atoms with E-state index in [1.165, 1.54) is 12.1 Å². The van der Waals surface area contributed by atoms with Gasteiger partial charge in [-0.3, -0.25) is 4.79 Å². The zero-order valence-electron chi connectivity index (χ0n) is 11.7. The fourth-order valence-electron chi connectivity index (χ4n) is 2.78. The summed E-state index contributed by atoms with van der Waals surface area (Å²) in [6.45, 7) is 0. The van der Waals surface area contributed by atoms with Gasteiger partial charge in [0, 0.05) is 5.39 Å². The molecule has 0 saturated carbocycles. The first kappa shape index (κ1) is 12.8. The smallest absolute Gasteiger partial charge is 0.203 e. The van der Waals surface area contributed by atoms with Gasteiger partial charge in [0.25, 0.3) is 0 Å². The summed E-state index contributed by atoms with van der Waals surface area (Å²) in [5.41, 5.74) is 0.311. The molecule has 1 aromatic heterocycles. The summed E-state index contributed by atoms with van der Waals surface area (Å²) < 4.78 is 25.0. The Morgan fingerprint density at radius 3 is 2.64 bits per heavy atom. The summed E-state index contributed by atoms with van der Waals surface area (Å²) in [7, 11) is 1.57. The van der Waals surface area contributed by atoms with Crippen molar-refractivity contribution in [2.45, 2.75) is 0 Å². The zero-order chi connectivity index (χ0) is 15.3. The van der Waals surface area contributed by atoms with Crippen LogP contribution in [0.1, 0.15) is 0 Å². The maximum absolute atomic E-state index is 13.9. The lowest BCUT2D eigenvalue weighted by molar-refractivity contribution is 0.420. The van der Waals surface area contributed by atoms with Gasteiger partial charge in [-0.15, -0.1) is 0 Å². The second kappa shape index (κ2) is 4.56. The average molecular weight is 294 g/mol. The predicted molar refractivity (Wildman–Crippen MR) is 84.0 cm³/mol. The molecule has 0 aliphatic heterocycles. The van der Waals surface area contributed by atoms with Gasteiger partial charge in [-0.05, 0) is 35.7 Å². The van der Waals surface area contributed by atoms with Gasteiger partial charge in [0.1, 0.15) is 28.1 Å². The number of ether oxygens (including phenoxy) is 1. The first-order valence-corrected chi connectivity index (χ1v) is 6.81. The van der Waals surface area contributed by atoms with Crippen molar-refractivity contribution in [1.29, 1.82) is 0 Å². The number of halogens is 1. The Hall–Kier alpha value is -2.88. The van der Waals surface area contributed by atoms with Crippen molar-refractivity contribution in [1.82, 2.24) is 0 Å². The minimum absolute atomic E-state index is 0.0238. The summed E-state index contributed by atoms with van der Waals surface area (Å²) in [4.78, 5) is 12.6. The van der Waals surface area contributed by atoms with E-state index in [4.69, 9.17) is 9.15 Å². The second-order valence-electron chi connectivity index (χ2n) is 5.07. The summed E-state index contributed by atoms with van der Waals surface area (Å²) in [5.74, 6) is 0.0840. The van der Waals surface area contributed by atoms with E-state index >= 15 is 0 Å². The molecule has 0 radical (unpaired) electrons. The summed E-state index contributed by atoms with van der Waals surface area (Å²) in [5, 5.41) is 2.00. The van der Waals surface area contributed by atoms with Crippen molar-refractivity contribution in [2.75, 3.05) is 7.11 Å². The molecule has 0 amide bonds. The van der Waals surface area contributed by atoms with Gasteiger partial charge >= 0.3 is 0 Å². The van der Waals surface area contributed by atoms with Crippen molar-refractivity contribution >= 4 is 32.7 Å². The molecule has 0 fully saturated rings. The fourth-order valence-corrected chi connectivity index (χ4v) is 2.78. The number of rotatable bonds is 1. The molecule has 0 unspecified atom stereocenters. The molecule has 3 aromatic carbocycles. The molecule has 3 nitrogen and oxygen atoms in total. The van der Waals surface area contributed by atoms with Crippen molar-refractivity contribution in [3.05, 3.63) is 64.6 Å². The van der Waals surface area contributed by atoms with Crippen LogP contribution in [0, 0.1) is 5.82 Å². The molecule has 0 atom stereocenters. The van der Waals surface area contributed by atoms with Crippen molar-refractivity contribution < 1.29 is 13.5 Å². The molecule has 4 rings (SSSR count). The first-order valence-electron chi connectivity index (χ1n) is 6.81. The molecule has 4 aromatic rings. The molecule has 22 heavy (non-hydrogen) atoms. The second-order valence-corrected chi connectivity index (χ2v) is 5.07. The van der Waals surface area contributed by atoms with E-state index in [1.807, 2.05) is 18.2 Å². The Kier molecular flexibility index (Phi) is 2.66. The molecule has 4 heteroatoms. The molecular weight excluding hydrogens is 283 g/mol. The number of fused-ring (bicyclic) bond motifs is 3. The first-order chi connectivity index (χ1) is 10.7. The van der Waals surface area contributed by atoms with Crippen LogP contribution in [-0.4, -0.2) is 7.11 Å². The zero-order valence-corrected chi connectivity index (χ0v) is 11.7. The van der Waals surface area contributed by atoms with Gasteiger partial charge in [0.15, 0.2) is 0 Å². The quantitative estimate of drug-likeness (QED) is 0.493. The summed E-state index contributed by atoms with van der Waals surface area (Å²) >= 11 is 0. The van der Waals surface area contributed by atoms with Crippen LogP contribution >= 0.6 is 0 Å². The Labute approximate surface area is 124 Å². The van der Waals surface area contributed by atoms with Crippen molar-refractivity contribution in [3.63, 3.8) is 0 Å². The van der Waals surface area contributed by atoms with E-state index in [9.17, 15) is 9.18 Å². The highest BCUT2D eigenvalue weighted by Crippen LogP contribution is 2.30. The molecule has 108 valence electrons. The van der Waals surface area contributed by atoms with E-state index < -0.39 is 5.82 Å². The van der Waals surface area contributed by atoms with Crippen LogP contribution < -0.4 is 10.2 Å². The predicted octanol–water partition coefficient (Wildman–Crippen LogP) is 4.25. The monoisotopic (exact) mass is 294 g/mol. The molecule has 0 saturated heterocycles. The Morgan fingerprint density at radius 2 is 1.82 bits per heavy atom. The number of benzene rings is 3. The van der Waals surface area contributed by atoms with E-state index in [-0.39, 0.29) is 16.4 Å². The van der Waals surface area contributed by atoms with Crippen molar-refractivity contribution in [2.24, 2.45) is 0 Å². The maximum Gasteiger partial charge on any atom is 0.203 e. The van der Waals surface area contributed by atoms with Gasteiger partial charge in [0.05, 0.1) is 12.5 Å². The lowest BCUT2D eigenvalue weighted by Gasteiger charge is -2.07. The largest absolute Gasteiger partial charge is 0.496 e. The van der Waals surface area contributed by atoms with Gasteiger partial charge in [-0.1, -0.05) is 18.2 Å². The van der Waals surface area contributed by atoms with Crippen molar-refractivity contribution in [3.8, 4) is 5.75 Å². The van der Waals surface area contributed by atoms with E-state index in [0.29, 0.717) is 16.7 Å². The topological polar surface area (TPSA) is 39.4 Å². The van der Waals surface area contributed by atoms with E-state index in [1.54, 1.807) is 25.3 Å². The van der Waals surface area contributed by atoms with E-state index in [0.717, 1.165) is 10.8 Å². The van der Waals surface area contributed by atoms with Gasteiger partial charge in [0.2, 0.25) is 5.43 Å². The van der Waals surface area contributed by atoms with Gasteiger partial charge < -0.3 is 9.15 Å². The molecule has 0 spiro atoms. The van der Waals surface area contributed by atoms with Crippen LogP contribution in [0.25, 0.3) is 32.7 Å². The SMILES string of the molecule is COc1cccc2cc3oc4cccc(F)c4c(=O)c3cc12. The minimum atomic E-state index is -0.576. The molecular formula is C18H11FO3. The normalized spacial score (nSPS) is 11.4. The van der Waals surface area contributed by atoms with Gasteiger partial charge in [-0.2, -0.15) is 0 Å². The fraction of sp³-hybridized carbons (Fsp3) is 0.0556. The molecule has 0 N–H and O–H groups in total. The van der Waals surface area contributed by atoms with Gasteiger partial charge in [-0.25, -0.2) is 4.39 Å². The lowest BCUT2D eigenvalue weighted by atomic mass is 10.0. The molecule has 0 aliphatic rings. The van der Waals surface area contributed by atoms with Crippen LogP contribution in [0.2, 0.25) is 0 Å². The number of methoxy groups -OCH3 is 1. The Morgan fingerprint density at radius 1 is 1.00 bits per heavy atom. The van der Waals surface area contributed by atoms with E-state index in [2.05, 4.69) is 0 Å². The summed E-state index contributed by atoms with van der Waals surface area (Å²) in [6.07, 6.45) is 0. The highest BCUT2D eigenvalue weighted by Gasteiger charge is 2.13. The lowest BCUT2D eigenvalue weighted by Crippen LogP contribution is -2.04. The molecule has 0 aliphatic carbocycles. The van der Waals surface area contributed by atoms with Crippen LogP contribution in [0.4, 0.5) is 4.39 Å². The number of hydrogen-bond acceptors (Lipinski definition) is 3. The Bertz CT molecular complexity index is 1100. The third-order valence-corrected chi connectivity index (χ3v) is 3.83. The number of hydrogen-bond donors (Lipinski definition) is 0. The summed E-state index contributed by atoms with van der Waals surface area (Å²) in [6, 6.07) is 13.4. The minimum Gasteiger partial charge on any atom is -0.496 e. The molecule has 0 bridgehead atoms. The third kappa shape index (κ3) is 1.70. The van der Waals surface area contributed by atoms with Crippen LogP contribution in [0.15, 0.2) is 57.7 Å². The third-order valence-electron chi connectivity index (χ3n) is 3.83.